The fourth-order valence-corrected chi connectivity index (χ4v) is 1.55. The molecule has 0 amide bonds. The average molecular weight is 228 g/mol. The second-order valence-electron chi connectivity index (χ2n) is 3.68. The highest BCUT2D eigenvalue weighted by molar-refractivity contribution is 6.31. The Morgan fingerprint density at radius 2 is 2.20 bits per heavy atom. The fourth-order valence-electron chi connectivity index (χ4n) is 1.43. The van der Waals surface area contributed by atoms with Crippen LogP contribution < -0.4 is 10.5 Å². The minimum absolute atomic E-state index is 0.107. The molecule has 2 nitrogen and oxygen atoms in total. The zero-order chi connectivity index (χ0) is 11.3. The Kier molecular flexibility index (Phi) is 4.92. The van der Waals surface area contributed by atoms with Gasteiger partial charge >= 0.3 is 0 Å². The normalized spacial score (nSPS) is 12.5. The highest BCUT2D eigenvalue weighted by atomic mass is 35.5. The summed E-state index contributed by atoms with van der Waals surface area (Å²) in [5.41, 5.74) is 6.65. The van der Waals surface area contributed by atoms with E-state index in [-0.39, 0.29) is 6.10 Å². The maximum absolute atomic E-state index is 5.93. The molecular formula is C12H18ClNO. The third-order valence-electron chi connectivity index (χ3n) is 2.31. The molecule has 84 valence electrons. The summed E-state index contributed by atoms with van der Waals surface area (Å²) in [5, 5.41) is 0.766. The Morgan fingerprint density at radius 3 is 2.73 bits per heavy atom. The molecule has 1 atom stereocenters. The van der Waals surface area contributed by atoms with Crippen LogP contribution >= 0.6 is 11.6 Å². The molecule has 1 rings (SSSR count). The van der Waals surface area contributed by atoms with E-state index in [0.29, 0.717) is 6.54 Å². The van der Waals surface area contributed by atoms with E-state index in [0.717, 1.165) is 29.2 Å². The van der Waals surface area contributed by atoms with Crippen LogP contribution in [0.3, 0.4) is 0 Å². The monoisotopic (exact) mass is 227 g/mol. The Bertz CT molecular complexity index is 314. The van der Waals surface area contributed by atoms with Crippen molar-refractivity contribution >= 4 is 11.6 Å². The van der Waals surface area contributed by atoms with Crippen LogP contribution in [0, 0.1) is 6.92 Å². The molecule has 0 radical (unpaired) electrons. The van der Waals surface area contributed by atoms with Gasteiger partial charge in [0.25, 0.3) is 0 Å². The molecule has 1 unspecified atom stereocenters. The molecule has 3 heteroatoms. The van der Waals surface area contributed by atoms with Gasteiger partial charge < -0.3 is 10.5 Å². The number of hydrogen-bond donors (Lipinski definition) is 1. The lowest BCUT2D eigenvalue weighted by Crippen LogP contribution is -2.26. The number of hydrogen-bond acceptors (Lipinski definition) is 2. The minimum Gasteiger partial charge on any atom is -0.489 e. The predicted octanol–water partition coefficient (Wildman–Crippen LogP) is 3.15. The molecule has 1 aromatic carbocycles. The molecule has 0 aliphatic rings. The zero-order valence-electron chi connectivity index (χ0n) is 9.29. The van der Waals surface area contributed by atoms with E-state index < -0.39 is 0 Å². The number of ether oxygens (including phenoxy) is 1. The Labute approximate surface area is 96.4 Å². The van der Waals surface area contributed by atoms with Crippen LogP contribution in [0.5, 0.6) is 5.75 Å². The Balaban J connectivity index is 2.66. The van der Waals surface area contributed by atoms with Crippen molar-refractivity contribution in [1.82, 2.24) is 0 Å². The van der Waals surface area contributed by atoms with Crippen LogP contribution in [0.15, 0.2) is 18.2 Å². The molecule has 1 aromatic rings. The zero-order valence-corrected chi connectivity index (χ0v) is 10.1. The smallest absolute Gasteiger partial charge is 0.120 e. The van der Waals surface area contributed by atoms with Crippen molar-refractivity contribution in [2.45, 2.75) is 32.8 Å². The quantitative estimate of drug-likeness (QED) is 0.839. The van der Waals surface area contributed by atoms with Crippen LogP contribution in [0.4, 0.5) is 0 Å². The van der Waals surface area contributed by atoms with E-state index in [2.05, 4.69) is 6.92 Å². The summed E-state index contributed by atoms with van der Waals surface area (Å²) in [6.07, 6.45) is 2.17. The lowest BCUT2D eigenvalue weighted by molar-refractivity contribution is 0.198. The summed E-state index contributed by atoms with van der Waals surface area (Å²) in [4.78, 5) is 0. The summed E-state index contributed by atoms with van der Waals surface area (Å²) in [6, 6.07) is 5.68. The van der Waals surface area contributed by atoms with Gasteiger partial charge in [0.15, 0.2) is 0 Å². The number of aryl methyl sites for hydroxylation is 1. The van der Waals surface area contributed by atoms with Crippen LogP contribution in [0.1, 0.15) is 25.3 Å². The lowest BCUT2D eigenvalue weighted by Gasteiger charge is -2.17. The second-order valence-corrected chi connectivity index (χ2v) is 4.08. The second kappa shape index (κ2) is 5.99. The summed E-state index contributed by atoms with van der Waals surface area (Å²) in [7, 11) is 0. The largest absolute Gasteiger partial charge is 0.489 e. The van der Waals surface area contributed by atoms with Crippen molar-refractivity contribution in [2.24, 2.45) is 5.73 Å². The van der Waals surface area contributed by atoms with Crippen molar-refractivity contribution in [3.8, 4) is 5.75 Å². The Hall–Kier alpha value is -0.730. The molecular weight excluding hydrogens is 210 g/mol. The first-order valence-electron chi connectivity index (χ1n) is 5.30. The summed E-state index contributed by atoms with van der Waals surface area (Å²) >= 11 is 5.93. The van der Waals surface area contributed by atoms with E-state index in [1.807, 2.05) is 25.1 Å². The van der Waals surface area contributed by atoms with Gasteiger partial charge in [0.2, 0.25) is 0 Å². The molecule has 0 bridgehead atoms. The average Bonchev–Trinajstić information content (AvgIpc) is 2.23. The fraction of sp³-hybridized carbons (Fsp3) is 0.500. The maximum Gasteiger partial charge on any atom is 0.120 e. The van der Waals surface area contributed by atoms with Crippen LogP contribution in [0.25, 0.3) is 0 Å². The standard InChI is InChI=1S/C12H18ClNO/c1-3-4-11(8-14)15-10-5-6-12(13)9(2)7-10/h5-7,11H,3-4,8,14H2,1-2H3. The summed E-state index contributed by atoms with van der Waals surface area (Å²) in [5.74, 6) is 0.848. The molecule has 0 aromatic heterocycles. The summed E-state index contributed by atoms with van der Waals surface area (Å²) in [6.45, 7) is 4.64. The molecule has 2 N–H and O–H groups in total. The number of rotatable bonds is 5. The van der Waals surface area contributed by atoms with E-state index in [1.54, 1.807) is 0 Å². The molecule has 0 saturated heterocycles. The predicted molar refractivity (Wildman–Crippen MR) is 64.6 cm³/mol. The van der Waals surface area contributed by atoms with Gasteiger partial charge in [0, 0.05) is 11.6 Å². The van der Waals surface area contributed by atoms with Crippen molar-refractivity contribution in [1.29, 1.82) is 0 Å². The van der Waals surface area contributed by atoms with Crippen molar-refractivity contribution < 1.29 is 4.74 Å². The number of halogens is 1. The highest BCUT2D eigenvalue weighted by Gasteiger charge is 2.07. The maximum atomic E-state index is 5.93. The minimum atomic E-state index is 0.107. The number of benzene rings is 1. The van der Waals surface area contributed by atoms with E-state index in [1.165, 1.54) is 0 Å². The van der Waals surface area contributed by atoms with Gasteiger partial charge in [-0.25, -0.2) is 0 Å². The van der Waals surface area contributed by atoms with Crippen LogP contribution in [0.2, 0.25) is 5.02 Å². The summed E-state index contributed by atoms with van der Waals surface area (Å²) < 4.78 is 5.76. The van der Waals surface area contributed by atoms with Gasteiger partial charge in [-0.2, -0.15) is 0 Å². The molecule has 0 heterocycles. The topological polar surface area (TPSA) is 35.2 Å². The van der Waals surface area contributed by atoms with Gasteiger partial charge in [0.1, 0.15) is 11.9 Å². The van der Waals surface area contributed by atoms with Gasteiger partial charge in [-0.3, -0.25) is 0 Å². The van der Waals surface area contributed by atoms with Gasteiger partial charge in [-0.1, -0.05) is 24.9 Å². The molecule has 0 fully saturated rings. The first kappa shape index (κ1) is 12.3. The highest BCUT2D eigenvalue weighted by Crippen LogP contribution is 2.22. The molecule has 15 heavy (non-hydrogen) atoms. The van der Waals surface area contributed by atoms with Crippen molar-refractivity contribution in [3.05, 3.63) is 28.8 Å². The van der Waals surface area contributed by atoms with Gasteiger partial charge in [0.05, 0.1) is 0 Å². The third-order valence-corrected chi connectivity index (χ3v) is 2.73. The van der Waals surface area contributed by atoms with E-state index in [9.17, 15) is 0 Å². The van der Waals surface area contributed by atoms with Crippen LogP contribution in [-0.4, -0.2) is 12.6 Å². The first-order chi connectivity index (χ1) is 7.17. The first-order valence-corrected chi connectivity index (χ1v) is 5.68. The third kappa shape index (κ3) is 3.73. The van der Waals surface area contributed by atoms with Crippen molar-refractivity contribution in [3.63, 3.8) is 0 Å². The Morgan fingerprint density at radius 1 is 1.47 bits per heavy atom. The van der Waals surface area contributed by atoms with E-state index in [4.69, 9.17) is 22.1 Å². The number of nitrogens with two attached hydrogens (primary N) is 1. The SMILES string of the molecule is CCCC(CN)Oc1ccc(Cl)c(C)c1. The molecule has 0 aliphatic heterocycles. The van der Waals surface area contributed by atoms with Gasteiger partial charge in [-0.05, 0) is 37.1 Å². The molecule has 0 spiro atoms. The van der Waals surface area contributed by atoms with Crippen molar-refractivity contribution in [2.75, 3.05) is 6.54 Å². The van der Waals surface area contributed by atoms with Gasteiger partial charge in [-0.15, -0.1) is 0 Å². The van der Waals surface area contributed by atoms with E-state index >= 15 is 0 Å². The lowest BCUT2D eigenvalue weighted by atomic mass is 10.2. The van der Waals surface area contributed by atoms with Crippen LogP contribution in [-0.2, 0) is 0 Å². The molecule has 0 aliphatic carbocycles. The molecule has 0 saturated carbocycles.